The zero-order chi connectivity index (χ0) is 79.5. The number of hydrogen-bond acceptors (Lipinski definition) is 18. The van der Waals surface area contributed by atoms with Gasteiger partial charge >= 0.3 is 0 Å². The smallest absolute Gasteiger partial charge is 0.220 e. The summed E-state index contributed by atoms with van der Waals surface area (Å²) >= 11 is 0. The maximum atomic E-state index is 13.5. The molecule has 0 aromatic rings. The molecule has 3 aliphatic heterocycles. The Hall–Kier alpha value is -4.33. The molecule has 0 aromatic heterocycles. The van der Waals surface area contributed by atoms with Crippen molar-refractivity contribution in [1.82, 2.24) is 5.32 Å². The third kappa shape index (κ3) is 47.5. The molecule has 0 radical (unpaired) electrons. The monoisotopic (exact) mass is 1550 g/mol. The Bertz CT molecular complexity index is 2560. The summed E-state index contributed by atoms with van der Waals surface area (Å²) in [5.74, 6) is -0.305. The number of carbonyl (C=O) groups is 1. The van der Waals surface area contributed by atoms with Crippen LogP contribution < -0.4 is 5.32 Å². The van der Waals surface area contributed by atoms with Crippen LogP contribution in [0.2, 0.25) is 0 Å². The minimum Gasteiger partial charge on any atom is -0.394 e. The van der Waals surface area contributed by atoms with Crippen LogP contribution in [0, 0.1) is 0 Å². The predicted molar refractivity (Wildman–Crippen MR) is 442 cm³/mol. The van der Waals surface area contributed by atoms with Crippen LogP contribution in [0.5, 0.6) is 0 Å². The van der Waals surface area contributed by atoms with Crippen molar-refractivity contribution in [1.29, 1.82) is 0 Å². The van der Waals surface area contributed by atoms with E-state index < -0.39 is 124 Å². The van der Waals surface area contributed by atoms with E-state index in [2.05, 4.69) is 153 Å². The molecule has 630 valence electrons. The van der Waals surface area contributed by atoms with Crippen molar-refractivity contribution < 1.29 is 89.4 Å². The number of carbonyl (C=O) groups excluding carboxylic acids is 1. The van der Waals surface area contributed by atoms with Crippen LogP contribution in [0.15, 0.2) is 146 Å². The van der Waals surface area contributed by atoms with E-state index in [1.54, 1.807) is 6.08 Å². The molecule has 3 fully saturated rings. The molecular weight excluding hydrogens is 1390 g/mol. The quantitative estimate of drug-likeness (QED) is 0.0199. The highest BCUT2D eigenvalue weighted by Gasteiger charge is 2.54. The SMILES string of the molecule is CC/C=C\C/C=C\C/C=C\C/C=C\C/C=C\C/C=C\C/C=C\C/C=C\C/C=C\CCCCCCCCCC(=O)NC(COC1OC(CO)C(OC2OC(CO)C(OC3OC(CO)C(O)C(O)C3O)C(O)C2O)C(O)C1O)C(O)/C=C/CC/C=C/CC/C=C/CCCCCCCCCCCCCCCCCCCCCC. The Kier molecular flexibility index (Phi) is 62.7. The van der Waals surface area contributed by atoms with Gasteiger partial charge in [0.15, 0.2) is 18.9 Å². The van der Waals surface area contributed by atoms with Crippen LogP contribution in [0.3, 0.4) is 0 Å². The molecule has 1 amide bonds. The minimum atomic E-state index is -1.99. The highest BCUT2D eigenvalue weighted by atomic mass is 16.8. The van der Waals surface area contributed by atoms with Gasteiger partial charge in [-0.05, 0) is 116 Å². The zero-order valence-corrected chi connectivity index (χ0v) is 67.7. The van der Waals surface area contributed by atoms with Gasteiger partial charge in [0.1, 0.15) is 73.2 Å². The van der Waals surface area contributed by atoms with Crippen molar-refractivity contribution in [2.24, 2.45) is 0 Å². The first-order chi connectivity index (χ1) is 53.8. The lowest BCUT2D eigenvalue weighted by Gasteiger charge is -2.48. The van der Waals surface area contributed by atoms with Gasteiger partial charge in [0.2, 0.25) is 5.91 Å². The Balaban J connectivity index is 1.38. The molecule has 0 bridgehead atoms. The van der Waals surface area contributed by atoms with E-state index in [4.69, 9.17) is 28.4 Å². The molecule has 12 N–H and O–H groups in total. The third-order valence-corrected chi connectivity index (χ3v) is 20.3. The van der Waals surface area contributed by atoms with Crippen molar-refractivity contribution in [3.05, 3.63) is 146 Å². The molecular formula is C91H153NO18. The molecule has 19 nitrogen and oxygen atoms in total. The van der Waals surface area contributed by atoms with Crippen molar-refractivity contribution in [2.75, 3.05) is 26.4 Å². The number of hydrogen-bond donors (Lipinski definition) is 12. The topological polar surface area (TPSA) is 307 Å². The van der Waals surface area contributed by atoms with Crippen LogP contribution in [-0.4, -0.2) is 193 Å². The molecule has 3 saturated heterocycles. The molecule has 0 aliphatic carbocycles. The van der Waals surface area contributed by atoms with E-state index in [0.717, 1.165) is 128 Å². The Labute approximate surface area is 663 Å². The fourth-order valence-corrected chi connectivity index (χ4v) is 13.5. The van der Waals surface area contributed by atoms with E-state index in [-0.39, 0.29) is 18.9 Å². The van der Waals surface area contributed by atoms with Crippen LogP contribution in [0.25, 0.3) is 0 Å². The lowest BCUT2D eigenvalue weighted by atomic mass is 9.96. The molecule has 3 rings (SSSR count). The standard InChI is InChI=1S/C91H153NO18/c1-3-5-7-9-11-13-15-17-19-21-23-25-27-29-31-33-35-36-37-38-39-41-43-45-47-49-51-53-55-57-59-61-63-65-67-69-79(97)92-74(75(96)68-66-64-62-60-58-56-54-52-50-48-46-44-42-40-34-32-30-28-26-24-22-20-18-16-14-12-10-8-6-4-2)73-105-89-85(103)82(100)87(77(71-94)107-89)110-91-86(104)83(101)88(78(72-95)108-91)109-90-84(102)81(99)80(98)76(70-93)106-90/h5,7,11,13,17,19,23,25,29,31,35-36,38-39,43,45,49-52,58,60,66,68,74-78,80-91,93-96,98-104H,3-4,6,8-10,12,14-16,18,20-22,24,26-28,30,32-34,37,40-42,44,46-48,53-57,59,61-65,67,69-73H2,1-2H3,(H,92,97)/b7-5-,13-11-,19-17-,25-23-,31-29-,36-35-,39-38-,45-43-,51-49-,52-50+,60-58+,68-66+. The summed E-state index contributed by atoms with van der Waals surface area (Å²) in [5, 5.41) is 121. The summed E-state index contributed by atoms with van der Waals surface area (Å²) in [6, 6.07) is -1.02. The van der Waals surface area contributed by atoms with Crippen molar-refractivity contribution in [2.45, 2.75) is 394 Å². The fourth-order valence-electron chi connectivity index (χ4n) is 13.5. The number of aliphatic hydroxyl groups is 11. The van der Waals surface area contributed by atoms with Gasteiger partial charge in [-0.15, -0.1) is 0 Å². The van der Waals surface area contributed by atoms with Gasteiger partial charge in [0.05, 0.1) is 38.6 Å². The lowest BCUT2D eigenvalue weighted by Crippen LogP contribution is -2.66. The molecule has 0 saturated carbocycles. The number of nitrogens with one attached hydrogen (secondary N) is 1. The third-order valence-electron chi connectivity index (χ3n) is 20.3. The second-order valence-corrected chi connectivity index (χ2v) is 29.9. The summed E-state index contributed by atoms with van der Waals surface area (Å²) in [6.45, 7) is 1.60. The van der Waals surface area contributed by atoms with Crippen molar-refractivity contribution in [3.8, 4) is 0 Å². The van der Waals surface area contributed by atoms with Gasteiger partial charge in [0.25, 0.3) is 0 Å². The van der Waals surface area contributed by atoms with E-state index >= 15 is 0 Å². The molecule has 0 aromatic carbocycles. The van der Waals surface area contributed by atoms with Crippen LogP contribution >= 0.6 is 0 Å². The highest BCUT2D eigenvalue weighted by molar-refractivity contribution is 5.76. The zero-order valence-electron chi connectivity index (χ0n) is 67.7. The maximum absolute atomic E-state index is 13.5. The molecule has 17 atom stereocenters. The van der Waals surface area contributed by atoms with Gasteiger partial charge in [-0.1, -0.05) is 314 Å². The van der Waals surface area contributed by atoms with Gasteiger partial charge in [-0.25, -0.2) is 0 Å². The second kappa shape index (κ2) is 69.0. The summed E-state index contributed by atoms with van der Waals surface area (Å²) in [6.07, 6.45) is 74.1. The first-order valence-corrected chi connectivity index (χ1v) is 43.1. The van der Waals surface area contributed by atoms with Crippen molar-refractivity contribution >= 4 is 5.91 Å². The average Bonchev–Trinajstić information content (AvgIpc) is 0.795. The Morgan fingerprint density at radius 2 is 0.636 bits per heavy atom. The van der Waals surface area contributed by atoms with Crippen LogP contribution in [0.4, 0.5) is 0 Å². The molecule has 19 heteroatoms. The Morgan fingerprint density at radius 3 is 1.02 bits per heavy atom. The number of unbranched alkanes of at least 4 members (excludes halogenated alkanes) is 29. The maximum Gasteiger partial charge on any atom is 0.220 e. The van der Waals surface area contributed by atoms with Gasteiger partial charge < -0.3 is 89.9 Å². The first-order valence-electron chi connectivity index (χ1n) is 43.1. The predicted octanol–water partition coefficient (Wildman–Crippen LogP) is 15.8. The van der Waals surface area contributed by atoms with Crippen LogP contribution in [-0.2, 0) is 33.2 Å². The summed E-state index contributed by atoms with van der Waals surface area (Å²) < 4.78 is 34.4. The number of allylic oxidation sites excluding steroid dienone is 23. The van der Waals surface area contributed by atoms with E-state index in [0.29, 0.717) is 12.8 Å². The normalized spacial score (nSPS) is 25.9. The second-order valence-electron chi connectivity index (χ2n) is 29.9. The van der Waals surface area contributed by atoms with E-state index in [1.807, 2.05) is 6.08 Å². The van der Waals surface area contributed by atoms with E-state index in [1.165, 1.54) is 128 Å². The van der Waals surface area contributed by atoms with Gasteiger partial charge in [-0.2, -0.15) is 0 Å². The minimum absolute atomic E-state index is 0.209. The summed E-state index contributed by atoms with van der Waals surface area (Å²) in [7, 11) is 0. The molecule has 110 heavy (non-hydrogen) atoms. The molecule has 3 heterocycles. The fraction of sp³-hybridized carbons (Fsp3) is 0.725. The first kappa shape index (κ1) is 99.9. The van der Waals surface area contributed by atoms with Crippen LogP contribution in [0.1, 0.15) is 290 Å². The number of amides is 1. The van der Waals surface area contributed by atoms with Crippen molar-refractivity contribution in [3.63, 3.8) is 0 Å². The molecule has 3 aliphatic rings. The number of rotatable bonds is 67. The van der Waals surface area contributed by atoms with Gasteiger partial charge in [0, 0.05) is 6.42 Å². The Morgan fingerprint density at radius 1 is 0.336 bits per heavy atom. The lowest BCUT2D eigenvalue weighted by molar-refractivity contribution is -0.379. The average molecular weight is 1550 g/mol. The highest BCUT2D eigenvalue weighted by Crippen LogP contribution is 2.33. The summed E-state index contributed by atoms with van der Waals surface area (Å²) in [4.78, 5) is 13.5. The molecule has 17 unspecified atom stereocenters. The number of aliphatic hydroxyl groups excluding tert-OH is 11. The summed E-state index contributed by atoms with van der Waals surface area (Å²) in [5.41, 5.74) is 0. The van der Waals surface area contributed by atoms with E-state index in [9.17, 15) is 61.0 Å². The largest absolute Gasteiger partial charge is 0.394 e. The molecule has 0 spiro atoms. The van der Waals surface area contributed by atoms with Gasteiger partial charge in [-0.3, -0.25) is 4.79 Å². The number of ether oxygens (including phenoxy) is 6.